The molecule has 0 aliphatic rings. The lowest BCUT2D eigenvalue weighted by Gasteiger charge is -2.21. The molecule has 0 fully saturated rings. The molecular weight excluding hydrogens is 474 g/mol. The highest BCUT2D eigenvalue weighted by Crippen LogP contribution is 2.14. The Morgan fingerprint density at radius 1 is 0.632 bits per heavy atom. The molecule has 0 aliphatic carbocycles. The molecule has 0 rings (SSSR count). The molecule has 0 saturated carbocycles. The first kappa shape index (κ1) is 36.8. The molecule has 0 aromatic rings. The summed E-state index contributed by atoms with van der Waals surface area (Å²) < 4.78 is 0. The average molecular weight is 538 g/mol. The van der Waals surface area contributed by atoms with E-state index in [1.54, 1.807) is 6.08 Å². The smallest absolute Gasteiger partial charge is 0.249 e. The van der Waals surface area contributed by atoms with Gasteiger partial charge in [0.2, 0.25) is 5.91 Å². The van der Waals surface area contributed by atoms with Crippen LogP contribution >= 0.6 is 0 Å². The number of hydrogen-bond acceptors (Lipinski definition) is 4. The van der Waals surface area contributed by atoms with Crippen molar-refractivity contribution in [2.75, 3.05) is 6.61 Å². The Bertz CT molecular complexity index is 563. The monoisotopic (exact) mass is 537 g/mol. The van der Waals surface area contributed by atoms with Gasteiger partial charge in [0.15, 0.2) is 0 Å². The summed E-state index contributed by atoms with van der Waals surface area (Å²) in [7, 11) is 0. The van der Waals surface area contributed by atoms with Crippen LogP contribution in [0.5, 0.6) is 0 Å². The number of carbonyl (C=O) groups excluding carboxylic acids is 1. The predicted octanol–water partition coefficient (Wildman–Crippen LogP) is 7.92. The van der Waals surface area contributed by atoms with Crippen LogP contribution in [0.4, 0.5) is 0 Å². The van der Waals surface area contributed by atoms with Crippen molar-refractivity contribution in [3.63, 3.8) is 0 Å². The summed E-state index contributed by atoms with van der Waals surface area (Å²) in [4.78, 5) is 12.3. The van der Waals surface area contributed by atoms with Crippen LogP contribution in [0.1, 0.15) is 155 Å². The van der Waals surface area contributed by atoms with Gasteiger partial charge in [0.25, 0.3) is 0 Å². The van der Waals surface area contributed by atoms with Gasteiger partial charge in [-0.25, -0.2) is 0 Å². The lowest BCUT2D eigenvalue weighted by atomic mass is 10.0. The minimum atomic E-state index is -1.10. The van der Waals surface area contributed by atoms with E-state index in [4.69, 9.17) is 0 Å². The summed E-state index contributed by atoms with van der Waals surface area (Å²) >= 11 is 0. The number of hydrogen-bond donors (Lipinski definition) is 4. The molecule has 0 bridgehead atoms. The van der Waals surface area contributed by atoms with E-state index in [0.29, 0.717) is 6.42 Å². The van der Waals surface area contributed by atoms with Crippen LogP contribution in [0.2, 0.25) is 0 Å². The van der Waals surface area contributed by atoms with Gasteiger partial charge >= 0.3 is 0 Å². The molecule has 3 unspecified atom stereocenters. The molecule has 1 amide bonds. The van der Waals surface area contributed by atoms with Crippen LogP contribution < -0.4 is 5.32 Å². The molecule has 0 aromatic heterocycles. The van der Waals surface area contributed by atoms with Crippen LogP contribution in [0.25, 0.3) is 0 Å². The normalized spacial score (nSPS) is 14.3. The summed E-state index contributed by atoms with van der Waals surface area (Å²) in [5, 5.41) is 32.7. The Hall–Kier alpha value is -1.17. The second-order valence-electron chi connectivity index (χ2n) is 11.0. The van der Waals surface area contributed by atoms with Crippen LogP contribution in [-0.4, -0.2) is 46.1 Å². The van der Waals surface area contributed by atoms with Crippen molar-refractivity contribution in [3.05, 3.63) is 24.3 Å². The Morgan fingerprint density at radius 2 is 1.08 bits per heavy atom. The number of nitrogens with one attached hydrogen (secondary N) is 1. The maximum Gasteiger partial charge on any atom is 0.249 e. The fourth-order valence-corrected chi connectivity index (χ4v) is 4.67. The van der Waals surface area contributed by atoms with E-state index < -0.39 is 24.2 Å². The molecule has 0 saturated heterocycles. The first-order valence-corrected chi connectivity index (χ1v) is 16.2. The van der Waals surface area contributed by atoms with E-state index in [-0.39, 0.29) is 6.61 Å². The van der Waals surface area contributed by atoms with E-state index in [2.05, 4.69) is 31.3 Å². The Balaban J connectivity index is 3.84. The quantitative estimate of drug-likeness (QED) is 0.0603. The third-order valence-electron chi connectivity index (χ3n) is 7.29. The summed E-state index contributed by atoms with van der Waals surface area (Å²) in [5.74, 6) is -0.516. The second kappa shape index (κ2) is 28.8. The summed E-state index contributed by atoms with van der Waals surface area (Å²) in [5.41, 5.74) is 0. The summed E-state index contributed by atoms with van der Waals surface area (Å²) in [6.07, 6.45) is 31.9. The third kappa shape index (κ3) is 23.9. The van der Waals surface area contributed by atoms with Crippen molar-refractivity contribution < 1.29 is 20.1 Å². The molecule has 38 heavy (non-hydrogen) atoms. The standard InChI is InChI=1S/C33H63NO4/c1-3-5-7-9-11-13-15-16-18-20-22-24-26-28-32(37)33(38)34-30(29-35)31(36)27-25-23-21-19-17-14-12-10-8-6-4-2/h17,19,25,27,30-32,35-37H,3-16,18,20-24,26,28-29H2,1-2H3,(H,34,38)/b19-17+,27-25+. The highest BCUT2D eigenvalue weighted by Gasteiger charge is 2.22. The zero-order valence-electron chi connectivity index (χ0n) is 25.1. The molecule has 0 heterocycles. The van der Waals surface area contributed by atoms with Crippen LogP contribution in [0.15, 0.2) is 24.3 Å². The molecule has 224 valence electrons. The zero-order valence-corrected chi connectivity index (χ0v) is 25.1. The largest absolute Gasteiger partial charge is 0.394 e. The van der Waals surface area contributed by atoms with Gasteiger partial charge in [-0.2, -0.15) is 0 Å². The highest BCUT2D eigenvalue weighted by atomic mass is 16.3. The molecule has 5 nitrogen and oxygen atoms in total. The Kier molecular flexibility index (Phi) is 27.9. The van der Waals surface area contributed by atoms with E-state index in [0.717, 1.165) is 38.5 Å². The predicted molar refractivity (Wildman–Crippen MR) is 162 cm³/mol. The molecule has 3 atom stereocenters. The lowest BCUT2D eigenvalue weighted by Crippen LogP contribution is -2.48. The molecular formula is C33H63NO4. The van der Waals surface area contributed by atoms with E-state index in [1.165, 1.54) is 96.3 Å². The minimum Gasteiger partial charge on any atom is -0.394 e. The van der Waals surface area contributed by atoms with Gasteiger partial charge in [0.1, 0.15) is 6.10 Å². The molecule has 0 spiro atoms. The highest BCUT2D eigenvalue weighted by molar-refractivity contribution is 5.80. The molecule has 0 aromatic carbocycles. The minimum absolute atomic E-state index is 0.374. The molecule has 4 N–H and O–H groups in total. The van der Waals surface area contributed by atoms with Crippen molar-refractivity contribution in [1.82, 2.24) is 5.32 Å². The van der Waals surface area contributed by atoms with Crippen molar-refractivity contribution in [2.24, 2.45) is 0 Å². The number of aliphatic hydroxyl groups is 3. The lowest BCUT2D eigenvalue weighted by molar-refractivity contribution is -0.131. The molecule has 0 aliphatic heterocycles. The third-order valence-corrected chi connectivity index (χ3v) is 7.29. The van der Waals surface area contributed by atoms with Crippen molar-refractivity contribution in [3.8, 4) is 0 Å². The second-order valence-corrected chi connectivity index (χ2v) is 11.0. The van der Waals surface area contributed by atoms with Gasteiger partial charge in [0, 0.05) is 0 Å². The fraction of sp³-hybridized carbons (Fsp3) is 0.848. The van der Waals surface area contributed by atoms with Gasteiger partial charge in [-0.1, -0.05) is 147 Å². The van der Waals surface area contributed by atoms with Crippen LogP contribution in [0.3, 0.4) is 0 Å². The van der Waals surface area contributed by atoms with Crippen LogP contribution in [-0.2, 0) is 4.79 Å². The maximum atomic E-state index is 12.3. The Morgan fingerprint density at radius 3 is 1.61 bits per heavy atom. The van der Waals surface area contributed by atoms with E-state index >= 15 is 0 Å². The number of carbonyl (C=O) groups is 1. The fourth-order valence-electron chi connectivity index (χ4n) is 4.67. The van der Waals surface area contributed by atoms with E-state index in [1.807, 2.05) is 6.08 Å². The number of unbranched alkanes of at least 4 members (excludes halogenated alkanes) is 18. The van der Waals surface area contributed by atoms with Gasteiger partial charge in [-0.15, -0.1) is 0 Å². The van der Waals surface area contributed by atoms with Crippen molar-refractivity contribution >= 4 is 5.91 Å². The first-order valence-electron chi connectivity index (χ1n) is 16.2. The topological polar surface area (TPSA) is 89.8 Å². The summed E-state index contributed by atoms with van der Waals surface area (Å²) in [6, 6.07) is -0.807. The van der Waals surface area contributed by atoms with Gasteiger partial charge in [-0.3, -0.25) is 4.79 Å². The van der Waals surface area contributed by atoms with Gasteiger partial charge < -0.3 is 20.6 Å². The Labute approximate surface area is 235 Å². The number of rotatable bonds is 28. The number of aliphatic hydroxyl groups excluding tert-OH is 3. The average Bonchev–Trinajstić information content (AvgIpc) is 2.92. The summed E-state index contributed by atoms with van der Waals surface area (Å²) in [6.45, 7) is 4.11. The van der Waals surface area contributed by atoms with Crippen LogP contribution in [0, 0.1) is 0 Å². The molecule has 0 radical (unpaired) electrons. The zero-order chi connectivity index (χ0) is 28.1. The van der Waals surface area contributed by atoms with Gasteiger partial charge in [-0.05, 0) is 32.1 Å². The van der Waals surface area contributed by atoms with Crippen molar-refractivity contribution in [1.29, 1.82) is 0 Å². The number of allylic oxidation sites excluding steroid dienone is 3. The van der Waals surface area contributed by atoms with Gasteiger partial charge in [0.05, 0.1) is 18.8 Å². The SMILES string of the molecule is CCCCCCC/C=C/CC/C=C/C(O)C(CO)NC(=O)C(O)CCCCCCCCCCCCCCC. The molecule has 5 heteroatoms. The van der Waals surface area contributed by atoms with Crippen molar-refractivity contribution in [2.45, 2.75) is 173 Å². The maximum absolute atomic E-state index is 12.3. The van der Waals surface area contributed by atoms with E-state index in [9.17, 15) is 20.1 Å². The first-order chi connectivity index (χ1) is 18.6. The number of amides is 1.